The standard InChI is InChI=1S/C27H40N2O5/c1-20(17-21-9-7-6-8-10-21)23-18-24(23)29(26(31)34-27(2,3)4)22-11-13-28(14-12-22)15-16-33-19-25(30)32-5/h6-10,17,22-24H,11-16,18-19H2,1-5H3. The SMILES string of the molecule is COC(=O)COCCN1CCC(N(C(=O)OC(C)(C)C)C2CC2C(C)=Cc2ccccc2)CC1. The Morgan fingerprint density at radius 1 is 1.15 bits per heavy atom. The third-order valence-corrected chi connectivity index (χ3v) is 6.45. The highest BCUT2D eigenvalue weighted by molar-refractivity contribution is 5.70. The van der Waals surface area contributed by atoms with Gasteiger partial charge in [-0.25, -0.2) is 9.59 Å². The number of piperidine rings is 1. The number of benzene rings is 1. The molecule has 7 heteroatoms. The third kappa shape index (κ3) is 7.84. The van der Waals surface area contributed by atoms with E-state index in [9.17, 15) is 9.59 Å². The second kappa shape index (κ2) is 11.8. The van der Waals surface area contributed by atoms with Crippen LogP contribution in [0.1, 0.15) is 52.5 Å². The maximum Gasteiger partial charge on any atom is 0.410 e. The van der Waals surface area contributed by atoms with Crippen molar-refractivity contribution in [2.45, 2.75) is 64.6 Å². The Hall–Kier alpha value is -2.38. The van der Waals surface area contributed by atoms with Crippen LogP contribution in [0.15, 0.2) is 35.9 Å². The first-order chi connectivity index (χ1) is 16.2. The number of amides is 1. The van der Waals surface area contributed by atoms with Crippen LogP contribution in [0, 0.1) is 5.92 Å². The van der Waals surface area contributed by atoms with Crippen molar-refractivity contribution in [1.29, 1.82) is 0 Å². The molecule has 2 atom stereocenters. The second-order valence-electron chi connectivity index (χ2n) is 10.3. The van der Waals surface area contributed by atoms with E-state index in [-0.39, 0.29) is 30.8 Å². The lowest BCUT2D eigenvalue weighted by Crippen LogP contribution is -2.50. The first kappa shape index (κ1) is 26.2. The molecule has 0 N–H and O–H groups in total. The van der Waals surface area contributed by atoms with Gasteiger partial charge in [0, 0.05) is 37.6 Å². The van der Waals surface area contributed by atoms with Crippen LogP contribution in [-0.2, 0) is 19.0 Å². The molecule has 0 bridgehead atoms. The number of ether oxygens (including phenoxy) is 3. The molecule has 1 aliphatic carbocycles. The quantitative estimate of drug-likeness (QED) is 0.393. The molecule has 2 fully saturated rings. The van der Waals surface area contributed by atoms with Crippen molar-refractivity contribution >= 4 is 18.1 Å². The summed E-state index contributed by atoms with van der Waals surface area (Å²) in [6, 6.07) is 10.7. The lowest BCUT2D eigenvalue weighted by Gasteiger charge is -2.39. The van der Waals surface area contributed by atoms with Gasteiger partial charge in [-0.15, -0.1) is 0 Å². The fraction of sp³-hybridized carbons (Fsp3) is 0.630. The van der Waals surface area contributed by atoms with Crippen molar-refractivity contribution in [2.75, 3.05) is 40.0 Å². The first-order valence-corrected chi connectivity index (χ1v) is 12.3. The van der Waals surface area contributed by atoms with Crippen molar-refractivity contribution in [3.8, 4) is 0 Å². The van der Waals surface area contributed by atoms with E-state index >= 15 is 0 Å². The molecule has 1 aromatic carbocycles. The van der Waals surface area contributed by atoms with E-state index < -0.39 is 5.60 Å². The number of esters is 1. The van der Waals surface area contributed by atoms with Crippen molar-refractivity contribution in [2.24, 2.45) is 5.92 Å². The summed E-state index contributed by atoms with van der Waals surface area (Å²) < 4.78 is 15.8. The van der Waals surface area contributed by atoms with Crippen LogP contribution < -0.4 is 0 Å². The molecule has 1 saturated carbocycles. The molecule has 34 heavy (non-hydrogen) atoms. The lowest BCUT2D eigenvalue weighted by atomic mass is 10.0. The molecule has 0 spiro atoms. The average molecular weight is 473 g/mol. The summed E-state index contributed by atoms with van der Waals surface area (Å²) in [5, 5.41) is 0. The molecule has 1 aliphatic heterocycles. The van der Waals surface area contributed by atoms with Crippen LogP contribution in [0.4, 0.5) is 4.79 Å². The number of hydrogen-bond acceptors (Lipinski definition) is 6. The van der Waals surface area contributed by atoms with Gasteiger partial charge in [-0.1, -0.05) is 42.0 Å². The topological polar surface area (TPSA) is 68.3 Å². The highest BCUT2D eigenvalue weighted by Gasteiger charge is 2.48. The summed E-state index contributed by atoms with van der Waals surface area (Å²) in [6.45, 7) is 11.0. The van der Waals surface area contributed by atoms with Gasteiger partial charge >= 0.3 is 12.1 Å². The van der Waals surface area contributed by atoms with Gasteiger partial charge < -0.3 is 24.0 Å². The molecule has 0 aromatic heterocycles. The van der Waals surface area contributed by atoms with Crippen molar-refractivity contribution in [3.63, 3.8) is 0 Å². The molecule has 188 valence electrons. The van der Waals surface area contributed by atoms with E-state index in [0.717, 1.165) is 38.9 Å². The zero-order valence-electron chi connectivity index (χ0n) is 21.3. The number of rotatable bonds is 9. The van der Waals surface area contributed by atoms with Gasteiger partial charge in [0.15, 0.2) is 0 Å². The summed E-state index contributed by atoms with van der Waals surface area (Å²) >= 11 is 0. The van der Waals surface area contributed by atoms with Gasteiger partial charge in [-0.2, -0.15) is 0 Å². The van der Waals surface area contributed by atoms with Crippen LogP contribution >= 0.6 is 0 Å². The van der Waals surface area contributed by atoms with Crippen molar-refractivity contribution < 1.29 is 23.8 Å². The molecule has 3 rings (SSSR count). The summed E-state index contributed by atoms with van der Waals surface area (Å²) in [5.74, 6) is 0.0137. The van der Waals surface area contributed by atoms with E-state index in [1.54, 1.807) is 0 Å². The molecule has 0 radical (unpaired) electrons. The molecular weight excluding hydrogens is 432 g/mol. The molecule has 1 amide bonds. The number of carbonyl (C=O) groups is 2. The normalized spacial score (nSPS) is 21.7. The minimum Gasteiger partial charge on any atom is -0.467 e. The first-order valence-electron chi connectivity index (χ1n) is 12.3. The Morgan fingerprint density at radius 2 is 1.82 bits per heavy atom. The predicted molar refractivity (Wildman–Crippen MR) is 132 cm³/mol. The van der Waals surface area contributed by atoms with Crippen LogP contribution in [0.5, 0.6) is 0 Å². The van der Waals surface area contributed by atoms with Crippen molar-refractivity contribution in [3.05, 3.63) is 41.5 Å². The maximum absolute atomic E-state index is 13.3. The summed E-state index contributed by atoms with van der Waals surface area (Å²) in [4.78, 5) is 28.8. The average Bonchev–Trinajstić information content (AvgIpc) is 3.57. The van der Waals surface area contributed by atoms with Gasteiger partial charge in [0.05, 0.1) is 13.7 Å². The molecule has 2 unspecified atom stereocenters. The maximum atomic E-state index is 13.3. The van der Waals surface area contributed by atoms with Gasteiger partial charge in [-0.05, 0) is 52.5 Å². The van der Waals surface area contributed by atoms with Crippen LogP contribution in [0.2, 0.25) is 0 Å². The molecule has 1 aromatic rings. The fourth-order valence-corrected chi connectivity index (χ4v) is 4.60. The number of methoxy groups -OCH3 is 1. The summed E-state index contributed by atoms with van der Waals surface area (Å²) in [7, 11) is 1.36. The van der Waals surface area contributed by atoms with Gasteiger partial charge in [-0.3, -0.25) is 0 Å². The molecular formula is C27H40N2O5. The highest BCUT2D eigenvalue weighted by Crippen LogP contribution is 2.44. The Morgan fingerprint density at radius 3 is 2.44 bits per heavy atom. The summed E-state index contributed by atoms with van der Waals surface area (Å²) in [6.07, 6.45) is 4.82. The largest absolute Gasteiger partial charge is 0.467 e. The minimum atomic E-state index is -0.522. The third-order valence-electron chi connectivity index (χ3n) is 6.45. The Labute approximate surface area is 204 Å². The van der Waals surface area contributed by atoms with Crippen LogP contribution in [0.25, 0.3) is 6.08 Å². The van der Waals surface area contributed by atoms with E-state index in [1.165, 1.54) is 18.2 Å². The number of likely N-dealkylation sites (tertiary alicyclic amines) is 1. The van der Waals surface area contributed by atoms with Gasteiger partial charge in [0.25, 0.3) is 0 Å². The van der Waals surface area contributed by atoms with E-state index in [4.69, 9.17) is 9.47 Å². The van der Waals surface area contributed by atoms with Crippen molar-refractivity contribution in [1.82, 2.24) is 9.80 Å². The monoisotopic (exact) mass is 472 g/mol. The van der Waals surface area contributed by atoms with Crippen LogP contribution in [0.3, 0.4) is 0 Å². The van der Waals surface area contributed by atoms with Gasteiger partial charge in [0.2, 0.25) is 0 Å². The van der Waals surface area contributed by atoms with Crippen LogP contribution in [-0.4, -0.2) is 79.5 Å². The molecule has 1 heterocycles. The number of carbonyl (C=O) groups excluding carboxylic acids is 2. The lowest BCUT2D eigenvalue weighted by molar-refractivity contribution is -0.146. The van der Waals surface area contributed by atoms with E-state index in [0.29, 0.717) is 12.5 Å². The second-order valence-corrected chi connectivity index (χ2v) is 10.3. The molecule has 1 saturated heterocycles. The zero-order chi connectivity index (χ0) is 24.7. The zero-order valence-corrected chi connectivity index (χ0v) is 21.3. The number of hydrogen-bond donors (Lipinski definition) is 0. The Balaban J connectivity index is 1.59. The highest BCUT2D eigenvalue weighted by atomic mass is 16.6. The minimum absolute atomic E-state index is 0.0156. The van der Waals surface area contributed by atoms with E-state index in [2.05, 4.69) is 34.8 Å². The smallest absolute Gasteiger partial charge is 0.410 e. The Bertz CT molecular complexity index is 840. The molecule has 7 nitrogen and oxygen atoms in total. The summed E-state index contributed by atoms with van der Waals surface area (Å²) in [5.41, 5.74) is 1.98. The predicted octanol–water partition coefficient (Wildman–Crippen LogP) is 4.37. The van der Waals surface area contributed by atoms with Gasteiger partial charge in [0.1, 0.15) is 12.2 Å². The van der Waals surface area contributed by atoms with E-state index in [1.807, 2.05) is 43.9 Å². The number of nitrogens with zero attached hydrogens (tertiary/aromatic N) is 2. The Kier molecular flexibility index (Phi) is 9.14. The molecule has 2 aliphatic rings. The fourth-order valence-electron chi connectivity index (χ4n) is 4.60.